The molecule has 4 heterocycles. The van der Waals surface area contributed by atoms with Crippen LogP contribution < -0.4 is 4.90 Å². The third-order valence-electron chi connectivity index (χ3n) is 4.76. The number of nitrogens with zero attached hydrogens (tertiary/aromatic N) is 6. The van der Waals surface area contributed by atoms with Crippen LogP contribution in [0.3, 0.4) is 0 Å². The minimum Gasteiger partial charge on any atom is -0.354 e. The molecule has 1 saturated heterocycles. The zero-order valence-electron chi connectivity index (χ0n) is 14.6. The van der Waals surface area contributed by atoms with Gasteiger partial charge in [0.25, 0.3) is 0 Å². The molecular weight excluding hydrogens is 300 g/mol. The highest BCUT2D eigenvalue weighted by Crippen LogP contribution is 2.31. The van der Waals surface area contributed by atoms with Gasteiger partial charge in [0.05, 0.1) is 17.1 Å². The van der Waals surface area contributed by atoms with E-state index in [1.165, 1.54) is 11.3 Å². The molecule has 1 aliphatic rings. The van der Waals surface area contributed by atoms with Crippen LogP contribution in [0.5, 0.6) is 0 Å². The first-order valence-corrected chi connectivity index (χ1v) is 8.39. The van der Waals surface area contributed by atoms with Crippen molar-refractivity contribution in [3.05, 3.63) is 41.1 Å². The van der Waals surface area contributed by atoms with Crippen LogP contribution in [0.25, 0.3) is 11.0 Å². The number of pyridine rings is 1. The third kappa shape index (κ3) is 2.42. The minimum absolute atomic E-state index is 0.391. The molecule has 1 fully saturated rings. The van der Waals surface area contributed by atoms with E-state index in [1.807, 2.05) is 13.8 Å². The van der Waals surface area contributed by atoms with E-state index in [0.717, 1.165) is 47.7 Å². The van der Waals surface area contributed by atoms with Crippen LogP contribution in [0.4, 0.5) is 5.82 Å². The van der Waals surface area contributed by atoms with Crippen molar-refractivity contribution in [2.45, 2.75) is 40.2 Å². The second-order valence-electron chi connectivity index (χ2n) is 6.74. The van der Waals surface area contributed by atoms with Crippen LogP contribution >= 0.6 is 0 Å². The molecule has 0 aromatic carbocycles. The van der Waals surface area contributed by atoms with Crippen molar-refractivity contribution in [3.63, 3.8) is 0 Å². The molecule has 0 bridgehead atoms. The van der Waals surface area contributed by atoms with Gasteiger partial charge in [-0.1, -0.05) is 0 Å². The van der Waals surface area contributed by atoms with Gasteiger partial charge in [-0.15, -0.1) is 0 Å². The topological polar surface area (TPSA) is 59.7 Å². The molecule has 6 nitrogen and oxygen atoms in total. The Balaban J connectivity index is 1.71. The lowest BCUT2D eigenvalue weighted by atomic mass is 10.1. The average Bonchev–Trinajstić information content (AvgIpc) is 3.12. The quantitative estimate of drug-likeness (QED) is 0.726. The van der Waals surface area contributed by atoms with Crippen molar-refractivity contribution in [1.82, 2.24) is 24.7 Å². The molecule has 3 aromatic heterocycles. The van der Waals surface area contributed by atoms with Gasteiger partial charge in [-0.3, -0.25) is 4.68 Å². The van der Waals surface area contributed by atoms with E-state index in [-0.39, 0.29) is 0 Å². The highest BCUT2D eigenvalue weighted by molar-refractivity contribution is 5.90. The molecule has 4 rings (SSSR count). The molecule has 0 N–H and O–H groups in total. The van der Waals surface area contributed by atoms with Gasteiger partial charge in [0.15, 0.2) is 5.65 Å². The molecule has 24 heavy (non-hydrogen) atoms. The lowest BCUT2D eigenvalue weighted by Gasteiger charge is -2.20. The zero-order valence-corrected chi connectivity index (χ0v) is 14.6. The molecule has 3 aromatic rings. The summed E-state index contributed by atoms with van der Waals surface area (Å²) in [5.74, 6) is 0.994. The Bertz CT molecular complexity index is 913. The molecular formula is C18H22N6. The predicted molar refractivity (Wildman–Crippen MR) is 94.4 cm³/mol. The van der Waals surface area contributed by atoms with Crippen LogP contribution in [0.1, 0.15) is 35.1 Å². The maximum absolute atomic E-state index is 4.66. The van der Waals surface area contributed by atoms with Crippen LogP contribution in [-0.4, -0.2) is 37.8 Å². The maximum atomic E-state index is 4.66. The SMILES string of the molecule is Cc1cc(C)c2c(N3CC[C@H](n4nc(C)cc4C)C3)ncnc2n1. The van der Waals surface area contributed by atoms with E-state index in [1.54, 1.807) is 6.33 Å². The lowest BCUT2D eigenvalue weighted by Crippen LogP contribution is -2.23. The number of aromatic nitrogens is 5. The van der Waals surface area contributed by atoms with Gasteiger partial charge >= 0.3 is 0 Å². The van der Waals surface area contributed by atoms with E-state index in [4.69, 9.17) is 0 Å². The predicted octanol–water partition coefficient (Wildman–Crippen LogP) is 2.91. The van der Waals surface area contributed by atoms with Crippen LogP contribution in [0.2, 0.25) is 0 Å². The van der Waals surface area contributed by atoms with E-state index >= 15 is 0 Å². The Morgan fingerprint density at radius 3 is 2.62 bits per heavy atom. The number of hydrogen-bond acceptors (Lipinski definition) is 5. The Hall–Kier alpha value is -2.50. The standard InChI is InChI=1S/C18H22N6/c1-11-7-12(2)21-17-16(11)18(20-10-19-17)23-6-5-15(9-23)24-14(4)8-13(3)22-24/h7-8,10,15H,5-6,9H2,1-4H3/t15-/m0/s1. The van der Waals surface area contributed by atoms with Crippen molar-refractivity contribution in [2.75, 3.05) is 18.0 Å². The smallest absolute Gasteiger partial charge is 0.165 e. The van der Waals surface area contributed by atoms with Gasteiger partial charge in [-0.2, -0.15) is 5.10 Å². The van der Waals surface area contributed by atoms with E-state index in [0.29, 0.717) is 6.04 Å². The molecule has 1 atom stereocenters. The number of anilines is 1. The van der Waals surface area contributed by atoms with Crippen LogP contribution in [-0.2, 0) is 0 Å². The van der Waals surface area contributed by atoms with Gasteiger partial charge < -0.3 is 4.90 Å². The Labute approximate surface area is 141 Å². The van der Waals surface area contributed by atoms with E-state index in [9.17, 15) is 0 Å². The summed E-state index contributed by atoms with van der Waals surface area (Å²) in [4.78, 5) is 15.9. The number of hydrogen-bond donors (Lipinski definition) is 0. The molecule has 0 radical (unpaired) electrons. The van der Waals surface area contributed by atoms with Crippen LogP contribution in [0.15, 0.2) is 18.5 Å². The first-order valence-electron chi connectivity index (χ1n) is 8.39. The van der Waals surface area contributed by atoms with E-state index in [2.05, 4.69) is 55.6 Å². The van der Waals surface area contributed by atoms with Gasteiger partial charge in [0, 0.05) is 24.5 Å². The largest absolute Gasteiger partial charge is 0.354 e. The number of aryl methyl sites for hydroxylation is 4. The summed E-state index contributed by atoms with van der Waals surface area (Å²) in [5, 5.41) is 5.72. The molecule has 124 valence electrons. The van der Waals surface area contributed by atoms with Gasteiger partial charge in [-0.05, 0) is 51.8 Å². The first kappa shape index (κ1) is 15.1. The second kappa shape index (κ2) is 5.54. The Kier molecular flexibility index (Phi) is 3.48. The van der Waals surface area contributed by atoms with Gasteiger partial charge in [0.2, 0.25) is 0 Å². The molecule has 0 amide bonds. The van der Waals surface area contributed by atoms with Crippen LogP contribution in [0, 0.1) is 27.7 Å². The summed E-state index contributed by atoms with van der Waals surface area (Å²) in [6.07, 6.45) is 2.70. The highest BCUT2D eigenvalue weighted by atomic mass is 15.3. The molecule has 0 aliphatic carbocycles. The van der Waals surface area contributed by atoms with Crippen molar-refractivity contribution in [3.8, 4) is 0 Å². The lowest BCUT2D eigenvalue weighted by molar-refractivity contribution is 0.481. The zero-order chi connectivity index (χ0) is 16.8. The normalized spacial score (nSPS) is 17.8. The molecule has 0 spiro atoms. The molecule has 0 saturated carbocycles. The minimum atomic E-state index is 0.391. The average molecular weight is 322 g/mol. The van der Waals surface area contributed by atoms with Gasteiger partial charge in [-0.25, -0.2) is 15.0 Å². The fraction of sp³-hybridized carbons (Fsp3) is 0.444. The summed E-state index contributed by atoms with van der Waals surface area (Å²) < 4.78 is 2.16. The monoisotopic (exact) mass is 322 g/mol. The van der Waals surface area contributed by atoms with Crippen molar-refractivity contribution in [1.29, 1.82) is 0 Å². The summed E-state index contributed by atoms with van der Waals surface area (Å²) in [6, 6.07) is 4.63. The molecule has 1 aliphatic heterocycles. The summed E-state index contributed by atoms with van der Waals surface area (Å²) in [6.45, 7) is 10.2. The fourth-order valence-corrected chi connectivity index (χ4v) is 3.78. The van der Waals surface area contributed by atoms with Crippen molar-refractivity contribution >= 4 is 16.9 Å². The Morgan fingerprint density at radius 2 is 1.88 bits per heavy atom. The van der Waals surface area contributed by atoms with Crippen molar-refractivity contribution in [2.24, 2.45) is 0 Å². The van der Waals surface area contributed by atoms with E-state index < -0.39 is 0 Å². The number of rotatable bonds is 2. The Morgan fingerprint density at radius 1 is 1.04 bits per heavy atom. The molecule has 6 heteroatoms. The summed E-state index contributed by atoms with van der Waals surface area (Å²) in [7, 11) is 0. The summed E-state index contributed by atoms with van der Waals surface area (Å²) >= 11 is 0. The number of fused-ring (bicyclic) bond motifs is 1. The summed E-state index contributed by atoms with van der Waals surface area (Å²) in [5.41, 5.74) is 5.26. The second-order valence-corrected chi connectivity index (χ2v) is 6.74. The molecule has 0 unspecified atom stereocenters. The third-order valence-corrected chi connectivity index (χ3v) is 4.76. The highest BCUT2D eigenvalue weighted by Gasteiger charge is 2.28. The first-order chi connectivity index (χ1) is 11.5. The van der Waals surface area contributed by atoms with Crippen molar-refractivity contribution < 1.29 is 0 Å². The maximum Gasteiger partial charge on any atom is 0.165 e. The van der Waals surface area contributed by atoms with Gasteiger partial charge in [0.1, 0.15) is 12.1 Å². The fourth-order valence-electron chi connectivity index (χ4n) is 3.78.